The van der Waals surface area contributed by atoms with E-state index in [2.05, 4.69) is 32.3 Å². The topological polar surface area (TPSA) is 67.6 Å². The van der Waals surface area contributed by atoms with Crippen molar-refractivity contribution < 1.29 is 4.74 Å². The lowest BCUT2D eigenvalue weighted by Crippen LogP contribution is -2.72. The summed E-state index contributed by atoms with van der Waals surface area (Å²) in [6.45, 7) is 1.61. The van der Waals surface area contributed by atoms with Gasteiger partial charge in [0.15, 0.2) is 5.96 Å². The van der Waals surface area contributed by atoms with Gasteiger partial charge in [0.25, 0.3) is 0 Å². The minimum atomic E-state index is 0.364. The first-order chi connectivity index (χ1) is 11.2. The first kappa shape index (κ1) is 14.9. The molecule has 0 bridgehead atoms. The zero-order valence-corrected chi connectivity index (χ0v) is 14.2. The van der Waals surface area contributed by atoms with Crippen LogP contribution in [0, 0.1) is 11.3 Å². The number of nitrogens with one attached hydrogen (secondary N) is 1. The number of hydrogen-bond acceptors (Lipinski definition) is 4. The van der Waals surface area contributed by atoms with E-state index in [-0.39, 0.29) is 0 Å². The average molecular weight is 318 g/mol. The summed E-state index contributed by atoms with van der Waals surface area (Å²) in [7, 11) is 5.82. The molecule has 0 radical (unpaired) electrons. The number of aliphatic imine (C=N–C) groups is 1. The van der Waals surface area contributed by atoms with Crippen LogP contribution in [-0.2, 0) is 18.3 Å². The molecule has 3 atom stereocenters. The molecular formula is C16H26N6O. The van der Waals surface area contributed by atoms with Crippen molar-refractivity contribution >= 4 is 5.96 Å². The average Bonchev–Trinajstić information content (AvgIpc) is 3.07. The first-order valence-electron chi connectivity index (χ1n) is 8.54. The Bertz CT molecular complexity index is 607. The Balaban J connectivity index is 1.45. The van der Waals surface area contributed by atoms with E-state index >= 15 is 0 Å². The standard InChI is InChI=1S/C16H26N6O/c1-17-15(21(2)9-12-18-10-19-22(12)3)20-13-11-5-8-23-14(11)16(13)6-4-7-16/h10-11,13-14H,4-9H2,1-3H3,(H,17,20). The van der Waals surface area contributed by atoms with Crippen LogP contribution in [0.2, 0.25) is 0 Å². The van der Waals surface area contributed by atoms with Crippen LogP contribution < -0.4 is 5.32 Å². The zero-order chi connectivity index (χ0) is 16.0. The highest BCUT2D eigenvalue weighted by Gasteiger charge is 2.66. The molecule has 3 unspecified atom stereocenters. The minimum absolute atomic E-state index is 0.364. The Morgan fingerprint density at radius 3 is 3.00 bits per heavy atom. The first-order valence-corrected chi connectivity index (χ1v) is 8.54. The monoisotopic (exact) mass is 318 g/mol. The number of ether oxygens (including phenoxy) is 1. The van der Waals surface area contributed by atoms with Crippen molar-refractivity contribution in [1.82, 2.24) is 25.0 Å². The molecule has 1 aromatic heterocycles. The Morgan fingerprint density at radius 1 is 1.57 bits per heavy atom. The Kier molecular flexibility index (Phi) is 3.55. The van der Waals surface area contributed by atoms with Crippen LogP contribution in [0.1, 0.15) is 31.5 Å². The Hall–Kier alpha value is -1.63. The number of rotatable bonds is 3. The highest BCUT2D eigenvalue weighted by molar-refractivity contribution is 5.80. The summed E-state index contributed by atoms with van der Waals surface area (Å²) in [4.78, 5) is 10.9. The van der Waals surface area contributed by atoms with E-state index in [0.717, 1.165) is 18.4 Å². The van der Waals surface area contributed by atoms with Gasteiger partial charge in [-0.1, -0.05) is 6.42 Å². The molecule has 7 nitrogen and oxygen atoms in total. The minimum Gasteiger partial charge on any atom is -0.377 e. The molecule has 0 amide bonds. The van der Waals surface area contributed by atoms with Gasteiger partial charge in [-0.2, -0.15) is 5.10 Å². The van der Waals surface area contributed by atoms with Gasteiger partial charge in [0.1, 0.15) is 12.2 Å². The largest absolute Gasteiger partial charge is 0.377 e. The third-order valence-corrected chi connectivity index (χ3v) is 6.08. The van der Waals surface area contributed by atoms with Crippen LogP contribution >= 0.6 is 0 Å². The van der Waals surface area contributed by atoms with E-state index in [1.165, 1.54) is 25.7 Å². The Labute approximate surface area is 137 Å². The molecule has 1 aliphatic heterocycles. The predicted molar refractivity (Wildman–Crippen MR) is 86.9 cm³/mol. The molecule has 0 aromatic carbocycles. The van der Waals surface area contributed by atoms with E-state index < -0.39 is 0 Å². The number of aromatic nitrogens is 3. The summed E-state index contributed by atoms with van der Waals surface area (Å²) in [5.41, 5.74) is 0.364. The normalized spacial score (nSPS) is 31.4. The van der Waals surface area contributed by atoms with Gasteiger partial charge in [-0.15, -0.1) is 0 Å². The van der Waals surface area contributed by atoms with Crippen molar-refractivity contribution in [1.29, 1.82) is 0 Å². The molecule has 4 rings (SSSR count). The van der Waals surface area contributed by atoms with Crippen LogP contribution in [0.5, 0.6) is 0 Å². The van der Waals surface area contributed by atoms with Crippen LogP contribution in [0.15, 0.2) is 11.3 Å². The van der Waals surface area contributed by atoms with E-state index in [1.807, 2.05) is 14.1 Å². The van der Waals surface area contributed by atoms with Crippen LogP contribution in [0.3, 0.4) is 0 Å². The van der Waals surface area contributed by atoms with Crippen molar-refractivity contribution in [3.8, 4) is 0 Å². The smallest absolute Gasteiger partial charge is 0.194 e. The molecule has 23 heavy (non-hydrogen) atoms. The third kappa shape index (κ3) is 2.16. The van der Waals surface area contributed by atoms with Gasteiger partial charge < -0.3 is 15.0 Å². The lowest BCUT2D eigenvalue weighted by Gasteiger charge is -2.63. The van der Waals surface area contributed by atoms with Gasteiger partial charge in [-0.05, 0) is 19.3 Å². The number of nitrogens with zero attached hydrogens (tertiary/aromatic N) is 5. The second kappa shape index (κ2) is 5.47. The summed E-state index contributed by atoms with van der Waals surface area (Å²) in [5.74, 6) is 2.52. The molecule has 1 aromatic rings. The van der Waals surface area contributed by atoms with Gasteiger partial charge in [-0.25, -0.2) is 4.98 Å². The van der Waals surface area contributed by atoms with E-state index in [4.69, 9.17) is 4.74 Å². The second-order valence-corrected chi connectivity index (χ2v) is 7.16. The van der Waals surface area contributed by atoms with Crippen molar-refractivity contribution in [2.75, 3.05) is 20.7 Å². The fourth-order valence-corrected chi connectivity index (χ4v) is 4.69. The summed E-state index contributed by atoms with van der Waals surface area (Å²) < 4.78 is 7.81. The van der Waals surface area contributed by atoms with E-state index in [1.54, 1.807) is 11.0 Å². The lowest BCUT2D eigenvalue weighted by molar-refractivity contribution is -0.171. The molecular weight excluding hydrogens is 292 g/mol. The number of fused-ring (bicyclic) bond motifs is 2. The maximum absolute atomic E-state index is 6.00. The zero-order valence-electron chi connectivity index (χ0n) is 14.2. The predicted octanol–water partition coefficient (Wildman–Crippen LogP) is 0.780. The molecule has 126 valence electrons. The van der Waals surface area contributed by atoms with E-state index in [9.17, 15) is 0 Å². The van der Waals surface area contributed by atoms with E-state index in [0.29, 0.717) is 30.0 Å². The van der Waals surface area contributed by atoms with Crippen LogP contribution in [0.4, 0.5) is 0 Å². The fraction of sp³-hybridized carbons (Fsp3) is 0.812. The van der Waals surface area contributed by atoms with Crippen molar-refractivity contribution in [2.45, 2.75) is 44.4 Å². The number of hydrogen-bond donors (Lipinski definition) is 1. The van der Waals surface area contributed by atoms with Crippen molar-refractivity contribution in [3.63, 3.8) is 0 Å². The molecule has 1 spiro atoms. The summed E-state index contributed by atoms with van der Waals surface area (Å²) in [6, 6.07) is 0.504. The molecule has 3 fully saturated rings. The highest BCUT2D eigenvalue weighted by atomic mass is 16.5. The molecule has 3 aliphatic rings. The molecule has 1 saturated heterocycles. The van der Waals surface area contributed by atoms with Gasteiger partial charge in [0.05, 0.1) is 12.6 Å². The van der Waals surface area contributed by atoms with Crippen molar-refractivity contribution in [2.24, 2.45) is 23.4 Å². The second-order valence-electron chi connectivity index (χ2n) is 7.16. The molecule has 2 heterocycles. The van der Waals surface area contributed by atoms with Gasteiger partial charge in [0.2, 0.25) is 0 Å². The molecule has 1 N–H and O–H groups in total. The third-order valence-electron chi connectivity index (χ3n) is 6.08. The van der Waals surface area contributed by atoms with Crippen LogP contribution in [-0.4, -0.2) is 58.5 Å². The maximum atomic E-state index is 6.00. The van der Waals surface area contributed by atoms with Crippen molar-refractivity contribution in [3.05, 3.63) is 12.2 Å². The molecule has 7 heteroatoms. The maximum Gasteiger partial charge on any atom is 0.194 e. The summed E-state index contributed by atoms with van der Waals surface area (Å²) >= 11 is 0. The van der Waals surface area contributed by atoms with Gasteiger partial charge in [0, 0.05) is 45.1 Å². The SMILES string of the molecule is CN=C(NC1C2CCOC2C12CCC2)N(C)Cc1ncnn1C. The van der Waals surface area contributed by atoms with Gasteiger partial charge >= 0.3 is 0 Å². The van der Waals surface area contributed by atoms with Crippen LogP contribution in [0.25, 0.3) is 0 Å². The highest BCUT2D eigenvalue weighted by Crippen LogP contribution is 2.62. The molecule has 2 aliphatic carbocycles. The Morgan fingerprint density at radius 2 is 2.39 bits per heavy atom. The lowest BCUT2D eigenvalue weighted by atomic mass is 9.46. The fourth-order valence-electron chi connectivity index (χ4n) is 4.69. The summed E-state index contributed by atoms with van der Waals surface area (Å²) in [6.07, 6.45) is 7.16. The molecule has 2 saturated carbocycles. The number of guanidine groups is 1. The summed E-state index contributed by atoms with van der Waals surface area (Å²) in [5, 5.41) is 7.87. The quantitative estimate of drug-likeness (QED) is 0.659. The van der Waals surface area contributed by atoms with Gasteiger partial charge in [-0.3, -0.25) is 9.67 Å². The number of aryl methyl sites for hydroxylation is 1.